The summed E-state index contributed by atoms with van der Waals surface area (Å²) in [5, 5.41) is 6.04. The molecule has 2 N–H and O–H groups in total. The van der Waals surface area contributed by atoms with Crippen LogP contribution in [0.3, 0.4) is 0 Å². The maximum Gasteiger partial charge on any atom is 0.190 e. The molecule has 0 rings (SSSR count). The molecule has 0 unspecified atom stereocenters. The molecule has 0 fully saturated rings. The molecule has 0 aliphatic heterocycles. The first kappa shape index (κ1) is 21.2. The Kier molecular flexibility index (Phi) is 25.5. The van der Waals surface area contributed by atoms with Crippen molar-refractivity contribution in [3.8, 4) is 0 Å². The Labute approximate surface area is 107 Å². The molecular formula is C13H31N3O. The van der Waals surface area contributed by atoms with E-state index in [1.54, 1.807) is 14.0 Å². The van der Waals surface area contributed by atoms with E-state index in [4.69, 9.17) is 0 Å². The highest BCUT2D eigenvalue weighted by atomic mass is 16.1. The van der Waals surface area contributed by atoms with Crippen LogP contribution in [0.1, 0.15) is 53.9 Å². The van der Waals surface area contributed by atoms with Crippen LogP contribution >= 0.6 is 0 Å². The van der Waals surface area contributed by atoms with Crippen molar-refractivity contribution in [1.82, 2.24) is 10.6 Å². The van der Waals surface area contributed by atoms with Gasteiger partial charge in [0.2, 0.25) is 0 Å². The summed E-state index contributed by atoms with van der Waals surface area (Å²) >= 11 is 0. The highest BCUT2D eigenvalue weighted by Crippen LogP contribution is 1.94. The molecule has 0 aliphatic carbocycles. The second-order valence-corrected chi connectivity index (χ2v) is 2.91. The maximum absolute atomic E-state index is 10.6. The smallest absolute Gasteiger partial charge is 0.190 e. The molecule has 0 aliphatic rings. The Balaban J connectivity index is -0.000000439. The van der Waals surface area contributed by atoms with Gasteiger partial charge in [0.25, 0.3) is 0 Å². The third-order valence-electron chi connectivity index (χ3n) is 1.71. The van der Waals surface area contributed by atoms with E-state index in [-0.39, 0.29) is 5.78 Å². The normalized spacial score (nSPS) is 9.24. The molecule has 4 heteroatoms. The number of rotatable bonds is 5. The van der Waals surface area contributed by atoms with E-state index in [2.05, 4.69) is 15.6 Å². The van der Waals surface area contributed by atoms with Gasteiger partial charge in [-0.2, -0.15) is 0 Å². The molecule has 4 nitrogen and oxygen atoms in total. The van der Waals surface area contributed by atoms with Gasteiger partial charge in [-0.05, 0) is 19.8 Å². The molecular weight excluding hydrogens is 214 g/mol. The predicted octanol–water partition coefficient (Wildman–Crippen LogP) is 2.59. The quantitative estimate of drug-likeness (QED) is 0.445. The lowest BCUT2D eigenvalue weighted by Crippen LogP contribution is -2.35. The second-order valence-electron chi connectivity index (χ2n) is 2.91. The number of carbonyl (C=O) groups is 1. The first-order valence-electron chi connectivity index (χ1n) is 6.58. The Morgan fingerprint density at radius 2 is 1.65 bits per heavy atom. The fourth-order valence-electron chi connectivity index (χ4n) is 0.985. The molecule has 0 aromatic rings. The molecule has 104 valence electrons. The van der Waals surface area contributed by atoms with Crippen LogP contribution in [0.4, 0.5) is 0 Å². The van der Waals surface area contributed by atoms with Crippen LogP contribution in [-0.4, -0.2) is 32.4 Å². The van der Waals surface area contributed by atoms with Crippen LogP contribution in [0.2, 0.25) is 0 Å². The van der Waals surface area contributed by atoms with Gasteiger partial charge < -0.3 is 15.4 Å². The topological polar surface area (TPSA) is 53.5 Å². The van der Waals surface area contributed by atoms with Crippen molar-refractivity contribution >= 4 is 11.7 Å². The van der Waals surface area contributed by atoms with Crippen LogP contribution in [0.15, 0.2) is 4.99 Å². The van der Waals surface area contributed by atoms with E-state index in [1.807, 2.05) is 34.7 Å². The Morgan fingerprint density at radius 1 is 1.12 bits per heavy atom. The largest absolute Gasteiger partial charge is 0.359 e. The number of guanidine groups is 1. The zero-order valence-electron chi connectivity index (χ0n) is 12.7. The van der Waals surface area contributed by atoms with Crippen molar-refractivity contribution in [2.45, 2.75) is 53.9 Å². The van der Waals surface area contributed by atoms with Crippen molar-refractivity contribution in [1.29, 1.82) is 0 Å². The molecule has 0 saturated carbocycles. The van der Waals surface area contributed by atoms with Gasteiger partial charge in [-0.25, -0.2) is 0 Å². The van der Waals surface area contributed by atoms with Crippen molar-refractivity contribution in [2.24, 2.45) is 4.99 Å². The number of unbranched alkanes of at least 4 members (excludes halogenated alkanes) is 1. The van der Waals surface area contributed by atoms with E-state index in [0.717, 1.165) is 25.3 Å². The predicted molar refractivity (Wildman–Crippen MR) is 77.6 cm³/mol. The van der Waals surface area contributed by atoms with Crippen LogP contribution in [-0.2, 0) is 4.79 Å². The molecule has 0 aromatic heterocycles. The van der Waals surface area contributed by atoms with E-state index >= 15 is 0 Å². The van der Waals surface area contributed by atoms with Crippen LogP contribution < -0.4 is 10.6 Å². The van der Waals surface area contributed by atoms with Crippen molar-refractivity contribution in [3.63, 3.8) is 0 Å². The Hall–Kier alpha value is -1.06. The fraction of sp³-hybridized carbons (Fsp3) is 0.846. The lowest BCUT2D eigenvalue weighted by molar-refractivity contribution is -0.117. The highest BCUT2D eigenvalue weighted by Gasteiger charge is 1.94. The van der Waals surface area contributed by atoms with Crippen LogP contribution in [0, 0.1) is 0 Å². The summed E-state index contributed by atoms with van der Waals surface area (Å²) in [6.45, 7) is 10.5. The molecule has 0 heterocycles. The zero-order valence-corrected chi connectivity index (χ0v) is 12.7. The molecule has 0 radical (unpaired) electrons. The van der Waals surface area contributed by atoms with Crippen molar-refractivity contribution in [2.75, 3.05) is 20.6 Å². The number of Topliss-reactive ketones (excluding diaryl/α,β-unsaturated/α-hetero) is 1. The van der Waals surface area contributed by atoms with Gasteiger partial charge in [-0.15, -0.1) is 0 Å². The van der Waals surface area contributed by atoms with Gasteiger partial charge in [0, 0.05) is 27.1 Å². The third-order valence-corrected chi connectivity index (χ3v) is 1.71. The van der Waals surface area contributed by atoms with Gasteiger partial charge in [0.1, 0.15) is 5.78 Å². The minimum Gasteiger partial charge on any atom is -0.359 e. The van der Waals surface area contributed by atoms with Gasteiger partial charge >= 0.3 is 0 Å². The monoisotopic (exact) mass is 245 g/mol. The molecule has 0 amide bonds. The summed E-state index contributed by atoms with van der Waals surface area (Å²) in [5.41, 5.74) is 0. The number of nitrogens with one attached hydrogen (secondary N) is 2. The Bertz CT molecular complexity index is 180. The zero-order chi connectivity index (χ0) is 14.1. The number of hydrogen-bond acceptors (Lipinski definition) is 2. The number of hydrogen-bond donors (Lipinski definition) is 2. The summed E-state index contributed by atoms with van der Waals surface area (Å²) in [6, 6.07) is 0. The lowest BCUT2D eigenvalue weighted by atomic mass is 10.2. The fourth-order valence-corrected chi connectivity index (χ4v) is 0.985. The molecule has 0 aromatic carbocycles. The van der Waals surface area contributed by atoms with Crippen molar-refractivity contribution < 1.29 is 4.79 Å². The average Bonchev–Trinajstić information content (AvgIpc) is 2.38. The van der Waals surface area contributed by atoms with E-state index < -0.39 is 0 Å². The van der Waals surface area contributed by atoms with E-state index in [9.17, 15) is 4.79 Å². The van der Waals surface area contributed by atoms with Crippen LogP contribution in [0.5, 0.6) is 0 Å². The third kappa shape index (κ3) is 20.9. The molecule has 0 saturated heterocycles. The van der Waals surface area contributed by atoms with Crippen molar-refractivity contribution in [3.05, 3.63) is 0 Å². The number of aliphatic imine (C=N–C) groups is 1. The van der Waals surface area contributed by atoms with E-state index in [1.165, 1.54) is 0 Å². The summed E-state index contributed by atoms with van der Waals surface area (Å²) < 4.78 is 0. The minimum absolute atomic E-state index is 0.262. The second kappa shape index (κ2) is 20.4. The summed E-state index contributed by atoms with van der Waals surface area (Å²) in [5.74, 6) is 1.06. The summed E-state index contributed by atoms with van der Waals surface area (Å²) in [4.78, 5) is 14.6. The number of ketones is 1. The van der Waals surface area contributed by atoms with Gasteiger partial charge in [-0.3, -0.25) is 4.99 Å². The average molecular weight is 245 g/mol. The lowest BCUT2D eigenvalue weighted by Gasteiger charge is -2.07. The highest BCUT2D eigenvalue weighted by molar-refractivity contribution is 5.79. The van der Waals surface area contributed by atoms with Gasteiger partial charge in [-0.1, -0.05) is 27.7 Å². The van der Waals surface area contributed by atoms with Crippen LogP contribution in [0.25, 0.3) is 0 Å². The minimum atomic E-state index is 0.262. The first-order valence-corrected chi connectivity index (χ1v) is 6.58. The Morgan fingerprint density at radius 3 is 2.00 bits per heavy atom. The number of nitrogens with zero attached hydrogens (tertiary/aromatic N) is 1. The molecule has 17 heavy (non-hydrogen) atoms. The maximum atomic E-state index is 10.6. The first-order chi connectivity index (χ1) is 8.20. The molecule has 0 spiro atoms. The molecule has 0 bridgehead atoms. The van der Waals surface area contributed by atoms with Gasteiger partial charge in [0.15, 0.2) is 5.96 Å². The summed E-state index contributed by atoms with van der Waals surface area (Å²) in [6.07, 6.45) is 2.63. The van der Waals surface area contributed by atoms with Gasteiger partial charge in [0.05, 0.1) is 0 Å². The number of carbonyl (C=O) groups excluding carboxylic acids is 1. The SMILES string of the molecule is CC.CC.CN=C(NC)NCCCCC(C)=O. The summed E-state index contributed by atoms with van der Waals surface area (Å²) in [7, 11) is 3.55. The standard InChI is InChI=1S/C9H19N3O.2C2H6/c1-8(13)6-4-5-7-12-9(10-2)11-3;2*1-2/h4-7H2,1-3H3,(H2,10,11,12);2*1-2H3. The molecule has 0 atom stereocenters. The van der Waals surface area contributed by atoms with E-state index in [0.29, 0.717) is 6.42 Å².